The topological polar surface area (TPSA) is 54.5 Å². The van der Waals surface area contributed by atoms with Gasteiger partial charge >= 0.3 is 0 Å². The Labute approximate surface area is 149 Å². The summed E-state index contributed by atoms with van der Waals surface area (Å²) in [7, 11) is -3.99. The maximum absolute atomic E-state index is 12.8. The lowest BCUT2D eigenvalue weighted by Gasteiger charge is -2.23. The number of sulfonamides is 1. The van der Waals surface area contributed by atoms with E-state index in [4.69, 9.17) is 34.8 Å². The molecule has 2 aromatic carbocycles. The second-order valence-corrected chi connectivity index (χ2v) is 7.96. The summed E-state index contributed by atoms with van der Waals surface area (Å²) in [6.07, 6.45) is 0. The number of rotatable bonds is 5. The fourth-order valence-corrected chi connectivity index (χ4v) is 4.06. The van der Waals surface area contributed by atoms with Crippen LogP contribution < -0.4 is 4.31 Å². The Morgan fingerprint density at radius 3 is 2.04 bits per heavy atom. The van der Waals surface area contributed by atoms with Crippen LogP contribution in [0.15, 0.2) is 47.4 Å². The zero-order valence-corrected chi connectivity index (χ0v) is 15.0. The van der Waals surface area contributed by atoms with Crippen LogP contribution in [0.2, 0.25) is 10.0 Å². The summed E-state index contributed by atoms with van der Waals surface area (Å²) >= 11 is 17.3. The minimum Gasteiger partial charge on any atom is -0.279 e. The molecular formula is C15H12Cl3NO3S. The molecule has 0 fully saturated rings. The van der Waals surface area contributed by atoms with Gasteiger partial charge in [-0.2, -0.15) is 0 Å². The summed E-state index contributed by atoms with van der Waals surface area (Å²) in [5.41, 5.74) is 1.08. The number of aryl methyl sites for hydroxylation is 1. The quantitative estimate of drug-likeness (QED) is 0.714. The van der Waals surface area contributed by atoms with Crippen molar-refractivity contribution in [1.82, 2.24) is 0 Å². The van der Waals surface area contributed by atoms with Crippen LogP contribution in [0.1, 0.15) is 5.56 Å². The molecule has 0 heterocycles. The van der Waals surface area contributed by atoms with E-state index >= 15 is 0 Å². The highest BCUT2D eigenvalue weighted by atomic mass is 35.5. The van der Waals surface area contributed by atoms with Crippen LogP contribution in [0, 0.1) is 6.92 Å². The zero-order chi connectivity index (χ0) is 17.2. The molecular weight excluding hydrogens is 381 g/mol. The Hall–Kier alpha value is -1.27. The van der Waals surface area contributed by atoms with E-state index in [9.17, 15) is 13.2 Å². The Bertz CT molecular complexity index is 815. The number of anilines is 1. The summed E-state index contributed by atoms with van der Waals surface area (Å²) in [6, 6.07) is 10.5. The molecule has 4 nitrogen and oxygen atoms in total. The third-order valence-electron chi connectivity index (χ3n) is 3.01. The minimum absolute atomic E-state index is 0.0390. The van der Waals surface area contributed by atoms with E-state index < -0.39 is 21.8 Å². The van der Waals surface area contributed by atoms with Gasteiger partial charge in [0, 0.05) is 10.0 Å². The zero-order valence-electron chi connectivity index (χ0n) is 12.0. The van der Waals surface area contributed by atoms with Crippen molar-refractivity contribution in [3.63, 3.8) is 0 Å². The van der Waals surface area contributed by atoms with E-state index in [1.54, 1.807) is 12.1 Å². The molecule has 0 unspecified atom stereocenters. The predicted molar refractivity (Wildman–Crippen MR) is 93.0 cm³/mol. The lowest BCUT2D eigenvalue weighted by Crippen LogP contribution is -2.34. The maximum atomic E-state index is 12.8. The molecule has 0 aliphatic rings. The van der Waals surface area contributed by atoms with Gasteiger partial charge in [0.25, 0.3) is 10.0 Å². The Morgan fingerprint density at radius 2 is 1.57 bits per heavy atom. The summed E-state index contributed by atoms with van der Waals surface area (Å²) in [5, 5.41) is -0.325. The molecule has 0 bridgehead atoms. The first-order valence-corrected chi connectivity index (χ1v) is 9.01. The van der Waals surface area contributed by atoms with Crippen molar-refractivity contribution in [3.05, 3.63) is 58.1 Å². The first-order valence-electron chi connectivity index (χ1n) is 6.44. The van der Waals surface area contributed by atoms with E-state index in [-0.39, 0.29) is 20.6 Å². The Kier molecular flexibility index (Phi) is 5.57. The first kappa shape index (κ1) is 18.1. The van der Waals surface area contributed by atoms with Crippen LogP contribution >= 0.6 is 34.8 Å². The van der Waals surface area contributed by atoms with E-state index in [0.717, 1.165) is 9.87 Å². The molecule has 8 heteroatoms. The van der Waals surface area contributed by atoms with Crippen molar-refractivity contribution in [2.45, 2.75) is 11.8 Å². The summed E-state index contributed by atoms with van der Waals surface area (Å²) in [5.74, 6) is 0. The number of carbonyl (C=O) groups excluding carboxylic acids is 1. The van der Waals surface area contributed by atoms with Crippen molar-refractivity contribution in [2.75, 3.05) is 10.8 Å². The van der Waals surface area contributed by atoms with Gasteiger partial charge in [0.1, 0.15) is 6.54 Å². The van der Waals surface area contributed by atoms with Crippen LogP contribution in [0.3, 0.4) is 0 Å². The SMILES string of the molecule is Cc1ccc(S(=O)(=O)N(CC(=O)Cl)c2cc(Cl)cc(Cl)c2)cc1. The molecule has 0 aliphatic carbocycles. The third-order valence-corrected chi connectivity index (χ3v) is 5.36. The van der Waals surface area contributed by atoms with Gasteiger partial charge in [-0.05, 0) is 48.9 Å². The molecule has 0 spiro atoms. The summed E-state index contributed by atoms with van der Waals surface area (Å²) in [6.45, 7) is 1.31. The van der Waals surface area contributed by atoms with Gasteiger partial charge in [-0.1, -0.05) is 40.9 Å². The standard InChI is InChI=1S/C15H12Cl3NO3S/c1-10-2-4-14(5-3-10)23(21,22)19(9-15(18)20)13-7-11(16)6-12(17)8-13/h2-8H,9H2,1H3. The molecule has 2 aromatic rings. The van der Waals surface area contributed by atoms with Crippen molar-refractivity contribution < 1.29 is 13.2 Å². The van der Waals surface area contributed by atoms with Gasteiger partial charge in [0.2, 0.25) is 5.24 Å². The first-order chi connectivity index (χ1) is 10.7. The lowest BCUT2D eigenvalue weighted by molar-refractivity contribution is -0.110. The molecule has 0 saturated heterocycles. The molecule has 0 amide bonds. The maximum Gasteiger partial charge on any atom is 0.264 e. The molecule has 122 valence electrons. The molecule has 0 N–H and O–H groups in total. The molecule has 0 saturated carbocycles. The number of hydrogen-bond donors (Lipinski definition) is 0. The van der Waals surface area contributed by atoms with Crippen LogP contribution in [-0.2, 0) is 14.8 Å². The highest BCUT2D eigenvalue weighted by Gasteiger charge is 2.27. The van der Waals surface area contributed by atoms with Crippen molar-refractivity contribution in [2.24, 2.45) is 0 Å². The predicted octanol–water partition coefficient (Wildman–Crippen LogP) is 4.26. The molecule has 23 heavy (non-hydrogen) atoms. The van der Waals surface area contributed by atoms with Crippen LogP contribution in [0.4, 0.5) is 5.69 Å². The van der Waals surface area contributed by atoms with Gasteiger partial charge in [-0.15, -0.1) is 0 Å². The van der Waals surface area contributed by atoms with Gasteiger partial charge in [-0.3, -0.25) is 9.10 Å². The van der Waals surface area contributed by atoms with E-state index in [1.807, 2.05) is 6.92 Å². The fraction of sp³-hybridized carbons (Fsp3) is 0.133. The van der Waals surface area contributed by atoms with E-state index in [2.05, 4.69) is 0 Å². The number of nitrogens with zero attached hydrogens (tertiary/aromatic N) is 1. The largest absolute Gasteiger partial charge is 0.279 e. The monoisotopic (exact) mass is 391 g/mol. The Balaban J connectivity index is 2.57. The second-order valence-electron chi connectivity index (χ2n) is 4.81. The van der Waals surface area contributed by atoms with E-state index in [1.165, 1.54) is 30.3 Å². The van der Waals surface area contributed by atoms with Crippen molar-refractivity contribution >= 4 is 55.8 Å². The number of hydrogen-bond acceptors (Lipinski definition) is 3. The minimum atomic E-state index is -3.99. The number of halogens is 3. The summed E-state index contributed by atoms with van der Waals surface area (Å²) in [4.78, 5) is 11.4. The lowest BCUT2D eigenvalue weighted by atomic mass is 10.2. The molecule has 0 aliphatic heterocycles. The van der Waals surface area contributed by atoms with Crippen LogP contribution in [-0.4, -0.2) is 20.2 Å². The number of carbonyl (C=O) groups is 1. The highest BCUT2D eigenvalue weighted by molar-refractivity contribution is 7.92. The van der Waals surface area contributed by atoms with Gasteiger partial charge < -0.3 is 0 Å². The van der Waals surface area contributed by atoms with Crippen molar-refractivity contribution in [3.8, 4) is 0 Å². The summed E-state index contributed by atoms with van der Waals surface area (Å²) < 4.78 is 26.5. The highest BCUT2D eigenvalue weighted by Crippen LogP contribution is 2.29. The smallest absolute Gasteiger partial charge is 0.264 e. The number of benzene rings is 2. The normalized spacial score (nSPS) is 11.3. The fourth-order valence-electron chi connectivity index (χ4n) is 1.95. The average molecular weight is 393 g/mol. The van der Waals surface area contributed by atoms with Crippen LogP contribution in [0.25, 0.3) is 0 Å². The Morgan fingerprint density at radius 1 is 1.04 bits per heavy atom. The van der Waals surface area contributed by atoms with Crippen molar-refractivity contribution in [1.29, 1.82) is 0 Å². The average Bonchev–Trinajstić information content (AvgIpc) is 2.43. The third kappa shape index (κ3) is 4.38. The van der Waals surface area contributed by atoms with Gasteiger partial charge in [0.05, 0.1) is 10.6 Å². The van der Waals surface area contributed by atoms with Gasteiger partial charge in [0.15, 0.2) is 0 Å². The van der Waals surface area contributed by atoms with Crippen LogP contribution in [0.5, 0.6) is 0 Å². The van der Waals surface area contributed by atoms with E-state index in [0.29, 0.717) is 0 Å². The second kappa shape index (κ2) is 7.09. The van der Waals surface area contributed by atoms with Gasteiger partial charge in [-0.25, -0.2) is 8.42 Å². The molecule has 0 radical (unpaired) electrons. The molecule has 2 rings (SSSR count). The molecule has 0 aromatic heterocycles. The molecule has 0 atom stereocenters.